The van der Waals surface area contributed by atoms with Crippen LogP contribution in [-0.4, -0.2) is 6.29 Å². The van der Waals surface area contributed by atoms with E-state index in [9.17, 15) is 22.4 Å². The predicted octanol–water partition coefficient (Wildman–Crippen LogP) is 4.57. The number of carbonyl (C=O) groups is 1. The smallest absolute Gasteiger partial charge is 0.419 e. The van der Waals surface area contributed by atoms with Crippen LogP contribution in [0.25, 0.3) is 0 Å². The van der Waals surface area contributed by atoms with Gasteiger partial charge in [-0.2, -0.15) is 13.2 Å². The van der Waals surface area contributed by atoms with Crippen LogP contribution in [-0.2, 0) is 19.5 Å². The van der Waals surface area contributed by atoms with Crippen molar-refractivity contribution in [3.8, 4) is 5.75 Å². The van der Waals surface area contributed by atoms with Crippen molar-refractivity contribution >= 4 is 6.29 Å². The highest BCUT2D eigenvalue weighted by Crippen LogP contribution is 2.37. The Morgan fingerprint density at radius 1 is 1.00 bits per heavy atom. The summed E-state index contributed by atoms with van der Waals surface area (Å²) in [6.45, 7) is -0.692. The van der Waals surface area contributed by atoms with E-state index in [-0.39, 0.29) is 17.9 Å². The predicted molar refractivity (Wildman–Crippen MR) is 72.4 cm³/mol. The third-order valence-corrected chi connectivity index (χ3v) is 3.02. The van der Waals surface area contributed by atoms with Gasteiger partial charge < -0.3 is 4.74 Å². The number of halogens is 4. The van der Waals surface area contributed by atoms with Crippen molar-refractivity contribution in [2.75, 3.05) is 0 Å². The first-order valence-corrected chi connectivity index (χ1v) is 6.37. The molecule has 0 atom stereocenters. The van der Waals surface area contributed by atoms with E-state index >= 15 is 0 Å². The van der Waals surface area contributed by atoms with Crippen LogP contribution in [0.2, 0.25) is 0 Å². The molecule has 0 aliphatic carbocycles. The fourth-order valence-electron chi connectivity index (χ4n) is 1.85. The molecule has 0 radical (unpaired) electrons. The fraction of sp³-hybridized carbons (Fsp3) is 0.188. The van der Waals surface area contributed by atoms with Gasteiger partial charge in [-0.15, -0.1) is 0 Å². The van der Waals surface area contributed by atoms with Crippen molar-refractivity contribution in [3.63, 3.8) is 0 Å². The topological polar surface area (TPSA) is 26.3 Å². The van der Waals surface area contributed by atoms with Gasteiger partial charge in [0.15, 0.2) is 0 Å². The molecule has 0 saturated heterocycles. The van der Waals surface area contributed by atoms with E-state index in [2.05, 4.69) is 0 Å². The molecular weight excluding hydrogens is 300 g/mol. The monoisotopic (exact) mass is 312 g/mol. The van der Waals surface area contributed by atoms with Crippen LogP contribution in [0.4, 0.5) is 17.6 Å². The lowest BCUT2D eigenvalue weighted by Gasteiger charge is -2.14. The van der Waals surface area contributed by atoms with Gasteiger partial charge in [0.05, 0.1) is 5.56 Å². The number of carbonyl (C=O) groups excluding carboxylic acids is 1. The Kier molecular flexibility index (Phi) is 4.80. The molecule has 2 rings (SSSR count). The maximum atomic E-state index is 13.0. The summed E-state index contributed by atoms with van der Waals surface area (Å²) in [5.74, 6) is -0.354. The summed E-state index contributed by atoms with van der Waals surface area (Å²) in [4.78, 5) is 10.6. The Hall–Kier alpha value is -2.37. The summed E-state index contributed by atoms with van der Waals surface area (Å²) in [5.41, 5.74) is 0.0179. The van der Waals surface area contributed by atoms with Gasteiger partial charge in [0.2, 0.25) is 0 Å². The van der Waals surface area contributed by atoms with Crippen LogP contribution in [0.15, 0.2) is 42.5 Å². The molecule has 0 aliphatic heterocycles. The van der Waals surface area contributed by atoms with Crippen molar-refractivity contribution in [2.45, 2.75) is 19.5 Å². The number of hydrogen-bond donors (Lipinski definition) is 0. The molecule has 2 nitrogen and oxygen atoms in total. The number of benzene rings is 2. The number of alkyl halides is 4. The average Bonchev–Trinajstić information content (AvgIpc) is 2.52. The maximum Gasteiger partial charge on any atom is 0.419 e. The quantitative estimate of drug-likeness (QED) is 0.597. The molecule has 0 spiro atoms. The summed E-state index contributed by atoms with van der Waals surface area (Å²) < 4.78 is 56.4. The fourth-order valence-corrected chi connectivity index (χ4v) is 1.85. The van der Waals surface area contributed by atoms with E-state index in [1.165, 1.54) is 6.07 Å². The number of hydrogen-bond acceptors (Lipinski definition) is 2. The Labute approximate surface area is 124 Å². The molecule has 2 aromatic rings. The van der Waals surface area contributed by atoms with Gasteiger partial charge in [-0.25, -0.2) is 4.39 Å². The number of ether oxygens (including phenoxy) is 1. The zero-order valence-electron chi connectivity index (χ0n) is 11.4. The SMILES string of the molecule is O=Cc1ccc(OCc2ccc(CF)cc2)c(C(F)(F)F)c1. The molecule has 0 saturated carbocycles. The molecule has 0 fully saturated rings. The molecule has 0 bridgehead atoms. The highest BCUT2D eigenvalue weighted by atomic mass is 19.4. The van der Waals surface area contributed by atoms with Gasteiger partial charge >= 0.3 is 6.18 Å². The lowest BCUT2D eigenvalue weighted by molar-refractivity contribution is -0.139. The average molecular weight is 312 g/mol. The first-order valence-electron chi connectivity index (χ1n) is 6.37. The Morgan fingerprint density at radius 2 is 1.64 bits per heavy atom. The Balaban J connectivity index is 2.19. The molecule has 0 N–H and O–H groups in total. The van der Waals surface area contributed by atoms with Gasteiger partial charge in [-0.05, 0) is 29.3 Å². The Bertz CT molecular complexity index is 648. The summed E-state index contributed by atoms with van der Waals surface area (Å²) >= 11 is 0. The first kappa shape index (κ1) is 16.0. The van der Waals surface area contributed by atoms with Crippen molar-refractivity contribution < 1.29 is 27.1 Å². The normalized spacial score (nSPS) is 11.3. The summed E-state index contributed by atoms with van der Waals surface area (Å²) in [5, 5.41) is 0. The van der Waals surface area contributed by atoms with Crippen LogP contribution in [0.1, 0.15) is 27.0 Å². The van der Waals surface area contributed by atoms with E-state index in [0.717, 1.165) is 12.1 Å². The van der Waals surface area contributed by atoms with Crippen molar-refractivity contribution in [1.82, 2.24) is 0 Å². The molecule has 2 aromatic carbocycles. The third-order valence-electron chi connectivity index (χ3n) is 3.02. The minimum atomic E-state index is -4.62. The van der Waals surface area contributed by atoms with Gasteiger partial charge in [0, 0.05) is 5.56 Å². The standard InChI is InChI=1S/C16H12F4O2/c17-8-11-1-3-12(4-2-11)10-22-15-6-5-13(9-21)7-14(15)16(18,19)20/h1-7,9H,8,10H2. The van der Waals surface area contributed by atoms with Gasteiger partial charge in [-0.1, -0.05) is 24.3 Å². The summed E-state index contributed by atoms with van der Waals surface area (Å²) in [6.07, 6.45) is -4.28. The van der Waals surface area contributed by atoms with Crippen LogP contribution < -0.4 is 4.74 Å². The largest absolute Gasteiger partial charge is 0.488 e. The number of aldehydes is 1. The molecule has 6 heteroatoms. The zero-order valence-corrected chi connectivity index (χ0v) is 11.4. The lowest BCUT2D eigenvalue weighted by atomic mass is 10.1. The Morgan fingerprint density at radius 3 is 2.18 bits per heavy atom. The second kappa shape index (κ2) is 6.60. The molecule has 0 amide bonds. The molecule has 116 valence electrons. The van der Waals surface area contributed by atoms with Crippen LogP contribution in [0.5, 0.6) is 5.75 Å². The maximum absolute atomic E-state index is 13.0. The molecule has 0 aliphatic rings. The lowest BCUT2D eigenvalue weighted by Crippen LogP contribution is -2.09. The zero-order chi connectivity index (χ0) is 16.2. The van der Waals surface area contributed by atoms with E-state index in [4.69, 9.17) is 4.74 Å². The van der Waals surface area contributed by atoms with E-state index in [0.29, 0.717) is 17.4 Å². The third kappa shape index (κ3) is 3.84. The van der Waals surface area contributed by atoms with E-state index < -0.39 is 18.4 Å². The minimum Gasteiger partial charge on any atom is -0.488 e. The minimum absolute atomic E-state index is 0.0769. The highest BCUT2D eigenvalue weighted by molar-refractivity contribution is 5.75. The highest BCUT2D eigenvalue weighted by Gasteiger charge is 2.34. The molecular formula is C16H12F4O2. The first-order chi connectivity index (χ1) is 10.4. The summed E-state index contributed by atoms with van der Waals surface area (Å²) in [6, 6.07) is 9.36. The van der Waals surface area contributed by atoms with Crippen molar-refractivity contribution in [2.24, 2.45) is 0 Å². The van der Waals surface area contributed by atoms with E-state index in [1.54, 1.807) is 24.3 Å². The second-order valence-corrected chi connectivity index (χ2v) is 4.61. The van der Waals surface area contributed by atoms with Crippen LogP contribution in [0.3, 0.4) is 0 Å². The van der Waals surface area contributed by atoms with Gasteiger partial charge in [0.25, 0.3) is 0 Å². The van der Waals surface area contributed by atoms with Crippen LogP contribution in [0, 0.1) is 0 Å². The van der Waals surface area contributed by atoms with Crippen LogP contribution >= 0.6 is 0 Å². The van der Waals surface area contributed by atoms with Gasteiger partial charge in [-0.3, -0.25) is 4.79 Å². The number of rotatable bonds is 5. The summed E-state index contributed by atoms with van der Waals surface area (Å²) in [7, 11) is 0. The van der Waals surface area contributed by atoms with Gasteiger partial charge in [0.1, 0.15) is 25.3 Å². The van der Waals surface area contributed by atoms with Crippen molar-refractivity contribution in [3.05, 3.63) is 64.7 Å². The molecule has 0 unspecified atom stereocenters. The van der Waals surface area contributed by atoms with E-state index in [1.807, 2.05) is 0 Å². The molecule has 0 aromatic heterocycles. The second-order valence-electron chi connectivity index (χ2n) is 4.61. The molecule has 0 heterocycles. The van der Waals surface area contributed by atoms with Crippen molar-refractivity contribution in [1.29, 1.82) is 0 Å². The molecule has 22 heavy (non-hydrogen) atoms.